The fourth-order valence-corrected chi connectivity index (χ4v) is 3.09. The molecule has 4 atom stereocenters. The summed E-state index contributed by atoms with van der Waals surface area (Å²) >= 11 is 0. The highest BCUT2D eigenvalue weighted by molar-refractivity contribution is 5.69. The minimum Gasteiger partial charge on any atom is -0.450 e. The van der Waals surface area contributed by atoms with Crippen LogP contribution in [0.25, 0.3) is 0 Å². The van der Waals surface area contributed by atoms with Crippen molar-refractivity contribution in [1.82, 2.24) is 4.90 Å². The summed E-state index contributed by atoms with van der Waals surface area (Å²) in [6, 6.07) is 0.352. The highest BCUT2D eigenvalue weighted by Gasteiger charge is 2.45. The highest BCUT2D eigenvalue weighted by Crippen LogP contribution is 2.37. The molecule has 2 saturated heterocycles. The van der Waals surface area contributed by atoms with Crippen LogP contribution in [-0.2, 0) is 4.74 Å². The molecule has 2 rings (SSSR count). The van der Waals surface area contributed by atoms with E-state index in [-0.39, 0.29) is 30.2 Å². The number of hydrogen-bond donors (Lipinski definition) is 1. The first-order valence-electron chi connectivity index (χ1n) is 6.28. The first-order valence-corrected chi connectivity index (χ1v) is 6.28. The predicted molar refractivity (Wildman–Crippen MR) is 60.1 cm³/mol. The van der Waals surface area contributed by atoms with Gasteiger partial charge in [0, 0.05) is 18.0 Å². The molecule has 1 N–H and O–H groups in total. The van der Waals surface area contributed by atoms with Crippen molar-refractivity contribution in [2.45, 2.75) is 57.7 Å². The third-order valence-corrected chi connectivity index (χ3v) is 3.99. The Morgan fingerprint density at radius 2 is 2.25 bits per heavy atom. The molecule has 0 aromatic carbocycles. The summed E-state index contributed by atoms with van der Waals surface area (Å²) in [6.07, 6.45) is 3.39. The Hall–Kier alpha value is -0.770. The van der Waals surface area contributed by atoms with Gasteiger partial charge in [0.1, 0.15) is 0 Å². The second-order valence-corrected chi connectivity index (χ2v) is 4.92. The number of amides is 1. The summed E-state index contributed by atoms with van der Waals surface area (Å²) in [4.78, 5) is 13.8. The largest absolute Gasteiger partial charge is 0.450 e. The molecule has 2 heterocycles. The van der Waals surface area contributed by atoms with Crippen molar-refractivity contribution in [1.29, 1.82) is 0 Å². The summed E-state index contributed by atoms with van der Waals surface area (Å²) in [5.74, 6) is 0.168. The van der Waals surface area contributed by atoms with Gasteiger partial charge in [-0.1, -0.05) is 6.92 Å². The zero-order valence-corrected chi connectivity index (χ0v) is 10.1. The summed E-state index contributed by atoms with van der Waals surface area (Å²) in [6.45, 7) is 4.28. The number of fused-ring (bicyclic) bond motifs is 2. The van der Waals surface area contributed by atoms with Gasteiger partial charge in [-0.25, -0.2) is 4.79 Å². The first kappa shape index (κ1) is 11.7. The standard InChI is InChI=1S/C12H21NO3/c1-3-16-12(15)13-9-5-4-6-10(13)8(2)11(14)7-9/h8-11,14H,3-7H2,1-2H3. The van der Waals surface area contributed by atoms with Gasteiger partial charge in [-0.15, -0.1) is 0 Å². The van der Waals surface area contributed by atoms with Crippen LogP contribution in [0.5, 0.6) is 0 Å². The lowest BCUT2D eigenvalue weighted by molar-refractivity contribution is -0.0585. The van der Waals surface area contributed by atoms with E-state index in [4.69, 9.17) is 4.74 Å². The van der Waals surface area contributed by atoms with Gasteiger partial charge in [-0.05, 0) is 32.6 Å². The minimum absolute atomic E-state index is 0.168. The van der Waals surface area contributed by atoms with Gasteiger partial charge in [0.15, 0.2) is 0 Å². The number of aliphatic hydroxyl groups excluding tert-OH is 1. The van der Waals surface area contributed by atoms with Crippen LogP contribution in [0.4, 0.5) is 4.79 Å². The molecule has 4 heteroatoms. The minimum atomic E-state index is -0.263. The van der Waals surface area contributed by atoms with Crippen molar-refractivity contribution in [3.05, 3.63) is 0 Å². The topological polar surface area (TPSA) is 49.8 Å². The molecule has 2 aliphatic heterocycles. The Balaban J connectivity index is 2.14. The maximum Gasteiger partial charge on any atom is 0.410 e. The van der Waals surface area contributed by atoms with Gasteiger partial charge in [-0.3, -0.25) is 0 Å². The van der Waals surface area contributed by atoms with Gasteiger partial charge < -0.3 is 14.7 Å². The molecule has 0 spiro atoms. The van der Waals surface area contributed by atoms with Crippen LogP contribution in [0.3, 0.4) is 0 Å². The third kappa shape index (κ3) is 1.90. The number of carbonyl (C=O) groups is 1. The zero-order valence-electron chi connectivity index (χ0n) is 10.1. The molecule has 0 aromatic rings. The molecule has 0 aliphatic carbocycles. The van der Waals surface area contributed by atoms with Crippen LogP contribution in [0.2, 0.25) is 0 Å². The number of piperidine rings is 2. The number of hydrogen-bond acceptors (Lipinski definition) is 3. The van der Waals surface area contributed by atoms with Crippen LogP contribution >= 0.6 is 0 Å². The van der Waals surface area contributed by atoms with Crippen molar-refractivity contribution in [2.24, 2.45) is 5.92 Å². The molecular weight excluding hydrogens is 206 g/mol. The quantitative estimate of drug-likeness (QED) is 0.742. The van der Waals surface area contributed by atoms with E-state index in [1.807, 2.05) is 18.7 Å². The van der Waals surface area contributed by atoms with Crippen molar-refractivity contribution in [3.63, 3.8) is 0 Å². The van der Waals surface area contributed by atoms with Crippen LogP contribution in [0.1, 0.15) is 39.5 Å². The molecule has 4 nitrogen and oxygen atoms in total. The van der Waals surface area contributed by atoms with E-state index in [1.54, 1.807) is 0 Å². The van der Waals surface area contributed by atoms with Crippen molar-refractivity contribution < 1.29 is 14.6 Å². The Kier molecular flexibility index (Phi) is 3.38. The van der Waals surface area contributed by atoms with E-state index in [0.29, 0.717) is 13.0 Å². The van der Waals surface area contributed by atoms with Crippen LogP contribution in [0, 0.1) is 5.92 Å². The zero-order chi connectivity index (χ0) is 11.7. The average Bonchev–Trinajstić information content (AvgIpc) is 2.26. The molecular formula is C12H21NO3. The molecule has 0 aromatic heterocycles. The van der Waals surface area contributed by atoms with Crippen LogP contribution < -0.4 is 0 Å². The van der Waals surface area contributed by atoms with E-state index < -0.39 is 0 Å². The van der Waals surface area contributed by atoms with E-state index in [2.05, 4.69) is 0 Å². The van der Waals surface area contributed by atoms with Crippen molar-refractivity contribution in [2.75, 3.05) is 6.61 Å². The predicted octanol–water partition coefficient (Wildman–Crippen LogP) is 1.77. The van der Waals surface area contributed by atoms with Gasteiger partial charge in [0.25, 0.3) is 0 Å². The molecule has 1 amide bonds. The summed E-state index contributed by atoms with van der Waals surface area (Å²) in [7, 11) is 0. The Morgan fingerprint density at radius 1 is 1.50 bits per heavy atom. The number of nitrogens with zero attached hydrogens (tertiary/aromatic N) is 1. The maximum atomic E-state index is 11.9. The average molecular weight is 227 g/mol. The second-order valence-electron chi connectivity index (χ2n) is 4.92. The Morgan fingerprint density at radius 3 is 2.94 bits per heavy atom. The molecule has 2 bridgehead atoms. The molecule has 0 radical (unpaired) electrons. The van der Waals surface area contributed by atoms with Crippen molar-refractivity contribution in [3.8, 4) is 0 Å². The molecule has 2 aliphatic rings. The van der Waals surface area contributed by atoms with Gasteiger partial charge in [-0.2, -0.15) is 0 Å². The van der Waals surface area contributed by atoms with Crippen molar-refractivity contribution >= 4 is 6.09 Å². The van der Waals surface area contributed by atoms with E-state index in [0.717, 1.165) is 19.3 Å². The Bertz CT molecular complexity index is 269. The SMILES string of the molecule is CCOC(=O)N1C2CCCC1C(C)C(O)C2. The number of ether oxygens (including phenoxy) is 1. The van der Waals surface area contributed by atoms with Crippen LogP contribution in [-0.4, -0.2) is 40.9 Å². The first-order chi connectivity index (χ1) is 7.65. The number of aliphatic hydroxyl groups is 1. The molecule has 0 saturated carbocycles. The fraction of sp³-hybridized carbons (Fsp3) is 0.917. The Labute approximate surface area is 96.6 Å². The van der Waals surface area contributed by atoms with Crippen LogP contribution in [0.15, 0.2) is 0 Å². The maximum absolute atomic E-state index is 11.9. The monoisotopic (exact) mass is 227 g/mol. The van der Waals surface area contributed by atoms with E-state index in [9.17, 15) is 9.90 Å². The lowest BCUT2D eigenvalue weighted by atomic mass is 9.77. The second kappa shape index (κ2) is 4.62. The smallest absolute Gasteiger partial charge is 0.410 e. The number of carbonyl (C=O) groups excluding carboxylic acids is 1. The molecule has 16 heavy (non-hydrogen) atoms. The molecule has 2 fully saturated rings. The summed E-state index contributed by atoms with van der Waals surface area (Å²) < 4.78 is 5.11. The lowest BCUT2D eigenvalue weighted by Crippen LogP contribution is -2.59. The van der Waals surface area contributed by atoms with Gasteiger partial charge in [0.05, 0.1) is 12.7 Å². The third-order valence-electron chi connectivity index (χ3n) is 3.99. The highest BCUT2D eigenvalue weighted by atomic mass is 16.6. The van der Waals surface area contributed by atoms with Gasteiger partial charge in [0.2, 0.25) is 0 Å². The molecule has 92 valence electrons. The summed E-state index contributed by atoms with van der Waals surface area (Å²) in [5.41, 5.74) is 0. The lowest BCUT2D eigenvalue weighted by Gasteiger charge is -2.50. The van der Waals surface area contributed by atoms with Gasteiger partial charge >= 0.3 is 6.09 Å². The molecule has 4 unspecified atom stereocenters. The fourth-order valence-electron chi connectivity index (χ4n) is 3.09. The normalized spacial score (nSPS) is 38.3. The van der Waals surface area contributed by atoms with E-state index in [1.165, 1.54) is 0 Å². The number of rotatable bonds is 1. The van der Waals surface area contributed by atoms with E-state index >= 15 is 0 Å². The summed E-state index contributed by atoms with van der Waals surface area (Å²) in [5, 5.41) is 9.93.